The molecule has 4 fully saturated rings. The molecule has 0 atom stereocenters. The van der Waals surface area contributed by atoms with Gasteiger partial charge in [0.1, 0.15) is 0 Å². The average Bonchev–Trinajstić information content (AvgIpc) is 3.15. The summed E-state index contributed by atoms with van der Waals surface area (Å²) in [6.45, 7) is 1.45. The van der Waals surface area contributed by atoms with Crippen molar-refractivity contribution in [2.24, 2.45) is 5.41 Å². The third-order valence-electron chi connectivity index (χ3n) is 7.12. The molecule has 3 aliphatic carbocycles. The van der Waals surface area contributed by atoms with Gasteiger partial charge in [0.15, 0.2) is 0 Å². The molecule has 28 heavy (non-hydrogen) atoms. The number of carbonyl (C=O) groups is 2. The summed E-state index contributed by atoms with van der Waals surface area (Å²) in [6.07, 6.45) is 6.61. The maximum Gasteiger partial charge on any atom is 0.325 e. The number of carbonyl (C=O) groups excluding carboxylic acids is 2. The Labute approximate surface area is 166 Å². The summed E-state index contributed by atoms with van der Waals surface area (Å²) in [5.74, 6) is -0.214. The van der Waals surface area contributed by atoms with E-state index in [1.807, 2.05) is 29.2 Å². The predicted molar refractivity (Wildman–Crippen MR) is 105 cm³/mol. The van der Waals surface area contributed by atoms with E-state index in [1.165, 1.54) is 7.11 Å². The second-order valence-corrected chi connectivity index (χ2v) is 8.44. The summed E-state index contributed by atoms with van der Waals surface area (Å²) in [6, 6.07) is 10.5. The number of anilines is 1. The van der Waals surface area contributed by atoms with Gasteiger partial charge in [0, 0.05) is 30.7 Å². The quantitative estimate of drug-likeness (QED) is 0.730. The molecule has 1 aromatic carbocycles. The van der Waals surface area contributed by atoms with Crippen LogP contribution in [0.25, 0.3) is 0 Å². The Bertz CT molecular complexity index is 787. The van der Waals surface area contributed by atoms with Crippen LogP contribution in [0.5, 0.6) is 0 Å². The Morgan fingerprint density at radius 1 is 1.11 bits per heavy atom. The fourth-order valence-corrected chi connectivity index (χ4v) is 5.15. The molecule has 6 nitrogen and oxygen atoms in total. The third kappa shape index (κ3) is 3.13. The van der Waals surface area contributed by atoms with Crippen molar-refractivity contribution in [2.75, 3.05) is 25.1 Å². The molecule has 1 aromatic rings. The fraction of sp³-hybridized carbons (Fsp3) is 0.591. The number of urea groups is 1. The smallest absolute Gasteiger partial charge is 0.325 e. The molecular formula is C22H27N3O3. The molecule has 1 aliphatic heterocycles. The van der Waals surface area contributed by atoms with Gasteiger partial charge in [-0.25, -0.2) is 4.79 Å². The van der Waals surface area contributed by atoms with Crippen molar-refractivity contribution in [1.29, 1.82) is 5.26 Å². The Balaban J connectivity index is 1.42. The molecule has 0 N–H and O–H groups in total. The number of fused-ring (bicyclic) bond motifs is 3. The minimum Gasteiger partial charge on any atom is -0.469 e. The molecule has 1 saturated heterocycles. The van der Waals surface area contributed by atoms with Crippen LogP contribution in [0.1, 0.15) is 50.5 Å². The molecule has 6 heteroatoms. The molecule has 0 unspecified atom stereocenters. The summed E-state index contributed by atoms with van der Waals surface area (Å²) in [4.78, 5) is 28.4. The van der Waals surface area contributed by atoms with Crippen LogP contribution in [-0.4, -0.2) is 42.6 Å². The van der Waals surface area contributed by atoms with Gasteiger partial charge in [-0.05, 0) is 62.6 Å². The molecular weight excluding hydrogens is 354 g/mol. The lowest BCUT2D eigenvalue weighted by Gasteiger charge is -2.54. The molecule has 148 valence electrons. The maximum atomic E-state index is 13.2. The molecule has 3 saturated carbocycles. The number of nitrogens with zero attached hydrogens (tertiary/aromatic N) is 3. The largest absolute Gasteiger partial charge is 0.469 e. The summed E-state index contributed by atoms with van der Waals surface area (Å²) in [7, 11) is 1.40. The van der Waals surface area contributed by atoms with Crippen molar-refractivity contribution in [3.8, 4) is 6.07 Å². The zero-order valence-electron chi connectivity index (χ0n) is 16.4. The first-order valence-corrected chi connectivity index (χ1v) is 10.2. The van der Waals surface area contributed by atoms with Gasteiger partial charge in [-0.3, -0.25) is 9.69 Å². The first-order valence-electron chi connectivity index (χ1n) is 10.2. The second-order valence-electron chi connectivity index (χ2n) is 8.44. The van der Waals surface area contributed by atoms with Crippen LogP contribution >= 0.6 is 0 Å². The predicted octanol–water partition coefficient (Wildman–Crippen LogP) is 3.65. The second kappa shape index (κ2) is 7.12. The lowest BCUT2D eigenvalue weighted by Crippen LogP contribution is -2.57. The van der Waals surface area contributed by atoms with E-state index in [2.05, 4.69) is 15.7 Å². The minimum atomic E-state index is -0.214. The van der Waals surface area contributed by atoms with Gasteiger partial charge in [-0.2, -0.15) is 5.26 Å². The molecule has 0 aromatic heterocycles. The lowest BCUT2D eigenvalue weighted by molar-refractivity contribution is -0.140. The topological polar surface area (TPSA) is 73.6 Å². The standard InChI is InChI=1S/C22H27N3O3/c1-28-19(26)7-4-17-2-5-18(6-3-17)24-14-15-25(20(24)27)22-11-8-21(16-23,9-12-22)10-13-22/h2-3,5-6H,4,7-15H2,1H3. The van der Waals surface area contributed by atoms with E-state index in [0.717, 1.165) is 56.3 Å². The minimum absolute atomic E-state index is 0.0507. The number of hydrogen-bond acceptors (Lipinski definition) is 4. The summed E-state index contributed by atoms with van der Waals surface area (Å²) in [5.41, 5.74) is 1.78. The number of rotatable bonds is 5. The van der Waals surface area contributed by atoms with E-state index < -0.39 is 0 Å². The number of nitriles is 1. The summed E-state index contributed by atoms with van der Waals surface area (Å²) < 4.78 is 4.68. The van der Waals surface area contributed by atoms with Crippen LogP contribution in [0.2, 0.25) is 0 Å². The lowest BCUT2D eigenvalue weighted by atomic mass is 9.57. The molecule has 1 heterocycles. The highest BCUT2D eigenvalue weighted by Gasteiger charge is 2.54. The van der Waals surface area contributed by atoms with Gasteiger partial charge >= 0.3 is 12.0 Å². The van der Waals surface area contributed by atoms with Crippen LogP contribution in [0, 0.1) is 16.7 Å². The summed E-state index contributed by atoms with van der Waals surface area (Å²) >= 11 is 0. The fourth-order valence-electron chi connectivity index (χ4n) is 5.15. The van der Waals surface area contributed by atoms with E-state index >= 15 is 0 Å². The zero-order valence-corrected chi connectivity index (χ0v) is 16.4. The van der Waals surface area contributed by atoms with Gasteiger partial charge in [0.25, 0.3) is 0 Å². The molecule has 0 radical (unpaired) electrons. The van der Waals surface area contributed by atoms with Gasteiger partial charge < -0.3 is 9.64 Å². The number of esters is 1. The van der Waals surface area contributed by atoms with Crippen molar-refractivity contribution in [3.63, 3.8) is 0 Å². The molecule has 4 aliphatic rings. The van der Waals surface area contributed by atoms with Crippen molar-refractivity contribution in [3.05, 3.63) is 29.8 Å². The highest BCUT2D eigenvalue weighted by molar-refractivity contribution is 5.94. The highest BCUT2D eigenvalue weighted by Crippen LogP contribution is 2.55. The van der Waals surface area contributed by atoms with Crippen molar-refractivity contribution in [2.45, 2.75) is 56.9 Å². The van der Waals surface area contributed by atoms with E-state index in [-0.39, 0.29) is 23.0 Å². The highest BCUT2D eigenvalue weighted by atomic mass is 16.5. The summed E-state index contributed by atoms with van der Waals surface area (Å²) in [5, 5.41) is 9.50. The number of hydrogen-bond donors (Lipinski definition) is 0. The number of benzene rings is 1. The molecule has 2 bridgehead atoms. The van der Waals surface area contributed by atoms with E-state index in [4.69, 9.17) is 0 Å². The number of aryl methyl sites for hydroxylation is 1. The van der Waals surface area contributed by atoms with Crippen molar-refractivity contribution >= 4 is 17.7 Å². The first-order chi connectivity index (χ1) is 13.5. The van der Waals surface area contributed by atoms with Crippen molar-refractivity contribution < 1.29 is 14.3 Å². The van der Waals surface area contributed by atoms with Crippen LogP contribution < -0.4 is 4.90 Å². The maximum absolute atomic E-state index is 13.2. The van der Waals surface area contributed by atoms with E-state index in [1.54, 1.807) is 0 Å². The average molecular weight is 381 g/mol. The molecule has 5 rings (SSSR count). The Morgan fingerprint density at radius 2 is 1.75 bits per heavy atom. The van der Waals surface area contributed by atoms with Crippen molar-refractivity contribution in [1.82, 2.24) is 4.90 Å². The normalized spacial score (nSPS) is 29.1. The van der Waals surface area contributed by atoms with Crippen LogP contribution in [-0.2, 0) is 16.0 Å². The molecule has 0 spiro atoms. The van der Waals surface area contributed by atoms with Crippen LogP contribution in [0.3, 0.4) is 0 Å². The molecule has 2 amide bonds. The van der Waals surface area contributed by atoms with Gasteiger partial charge in [0.05, 0.1) is 18.6 Å². The van der Waals surface area contributed by atoms with Crippen LogP contribution in [0.4, 0.5) is 10.5 Å². The van der Waals surface area contributed by atoms with Gasteiger partial charge in [-0.1, -0.05) is 12.1 Å². The zero-order chi connectivity index (χ0) is 19.8. The van der Waals surface area contributed by atoms with Crippen LogP contribution in [0.15, 0.2) is 24.3 Å². The Kier molecular flexibility index (Phi) is 4.78. The van der Waals surface area contributed by atoms with Gasteiger partial charge in [-0.15, -0.1) is 0 Å². The Hall–Kier alpha value is -2.55. The monoisotopic (exact) mass is 381 g/mol. The van der Waals surface area contributed by atoms with E-state index in [9.17, 15) is 14.9 Å². The number of ether oxygens (including phenoxy) is 1. The third-order valence-corrected chi connectivity index (χ3v) is 7.12. The van der Waals surface area contributed by atoms with Gasteiger partial charge in [0.2, 0.25) is 0 Å². The number of methoxy groups -OCH3 is 1. The SMILES string of the molecule is COC(=O)CCc1ccc(N2CCN(C34CCC(C#N)(CC3)CC4)C2=O)cc1. The van der Waals surface area contributed by atoms with E-state index in [0.29, 0.717) is 19.4 Å². The Morgan fingerprint density at radius 3 is 2.32 bits per heavy atom. The number of amides is 2. The first kappa shape index (κ1) is 18.8.